The molecule has 1 aliphatic heterocycles. The molecule has 0 spiro atoms. The highest BCUT2D eigenvalue weighted by molar-refractivity contribution is 6.62. The number of benzene rings is 4. The molecule has 1 aliphatic rings. The molecule has 75 heavy (non-hydrogen) atoms. The Morgan fingerprint density at radius 3 is 1.29 bits per heavy atom. The van der Waals surface area contributed by atoms with E-state index < -0.39 is 12.2 Å². The standard InChI is InChI=1S/C33H45NO2.C31H47BO4.CO2/c1-9-12-25-13-17-29(34-21-25)28-16-14-26(19-23(28)4)33(10-2,11-3)27-15-18-30(24(5)20-27)36-22-31(35)32(6,7)8;1-12-31(13-2,24-15-17-26(22(4)19-24)34-20-27(33)28(5,6)7)23-14-16-25(21(3)18-23)32-35-29(8,9)30(10,11)36-32;2-1-3/h13-21,31,35H,9-12,22H2,1-8H3;14-19,27,33H,12-13,20H2,1-11H3;. The Labute approximate surface area is 452 Å². The number of hydrogen-bond acceptors (Lipinski definition) is 9. The summed E-state index contributed by atoms with van der Waals surface area (Å²) in [6, 6.07) is 31.0. The summed E-state index contributed by atoms with van der Waals surface area (Å²) >= 11 is 0. The first kappa shape index (κ1) is 62.5. The minimum absolute atomic E-state index is 0.0735. The second-order valence-electron chi connectivity index (χ2n) is 24.0. The summed E-state index contributed by atoms with van der Waals surface area (Å²) in [5.74, 6) is 1.67. The van der Waals surface area contributed by atoms with Crippen molar-refractivity contribution in [3.63, 3.8) is 0 Å². The van der Waals surface area contributed by atoms with Crippen molar-refractivity contribution in [2.45, 2.75) is 204 Å². The van der Waals surface area contributed by atoms with Gasteiger partial charge in [-0.1, -0.05) is 155 Å². The number of aromatic nitrogens is 1. The Hall–Kier alpha value is -5.09. The molecule has 10 heteroatoms. The summed E-state index contributed by atoms with van der Waals surface area (Å²) in [6.07, 6.45) is 7.43. The largest absolute Gasteiger partial charge is 0.495 e. The summed E-state index contributed by atoms with van der Waals surface area (Å²) in [5.41, 5.74) is 13.2. The van der Waals surface area contributed by atoms with E-state index >= 15 is 0 Å². The number of carbonyl (C=O) groups excluding carboxylic acids is 2. The number of nitrogens with zero attached hydrogens (tertiary/aromatic N) is 1. The molecule has 6 rings (SSSR count). The molecule has 9 nitrogen and oxygen atoms in total. The van der Waals surface area contributed by atoms with E-state index in [1.165, 1.54) is 44.5 Å². The number of pyridine rings is 1. The number of ether oxygens (including phenoxy) is 2. The van der Waals surface area contributed by atoms with Crippen molar-refractivity contribution in [3.05, 3.63) is 141 Å². The monoisotopic (exact) mass is 1030 g/mol. The van der Waals surface area contributed by atoms with Gasteiger partial charge >= 0.3 is 13.3 Å². The molecule has 0 radical (unpaired) electrons. The lowest BCUT2D eigenvalue weighted by Crippen LogP contribution is -2.41. The summed E-state index contributed by atoms with van der Waals surface area (Å²) in [7, 11) is -0.358. The van der Waals surface area contributed by atoms with Gasteiger partial charge in [0.25, 0.3) is 0 Å². The van der Waals surface area contributed by atoms with E-state index in [9.17, 15) is 10.2 Å². The highest BCUT2D eigenvalue weighted by Crippen LogP contribution is 2.44. The van der Waals surface area contributed by atoms with Gasteiger partial charge in [-0.2, -0.15) is 9.59 Å². The van der Waals surface area contributed by atoms with Gasteiger partial charge in [-0.25, -0.2) is 0 Å². The molecule has 0 saturated carbocycles. The van der Waals surface area contributed by atoms with Gasteiger partial charge < -0.3 is 29.0 Å². The zero-order valence-corrected chi connectivity index (χ0v) is 49.3. The van der Waals surface area contributed by atoms with Crippen LogP contribution >= 0.6 is 0 Å². The van der Waals surface area contributed by atoms with Gasteiger partial charge in [-0.3, -0.25) is 4.98 Å². The molecular formula is C65H92BNO8. The van der Waals surface area contributed by atoms with Crippen molar-refractivity contribution in [1.82, 2.24) is 4.98 Å². The van der Waals surface area contributed by atoms with Crippen LogP contribution < -0.4 is 14.9 Å². The molecular weight excluding hydrogens is 934 g/mol. The Bertz CT molecular complexity index is 2650. The molecule has 1 fully saturated rings. The topological polar surface area (TPSA) is 124 Å². The molecule has 0 amide bonds. The van der Waals surface area contributed by atoms with Crippen LogP contribution in [0.2, 0.25) is 0 Å². The van der Waals surface area contributed by atoms with Crippen molar-refractivity contribution in [2.75, 3.05) is 13.2 Å². The van der Waals surface area contributed by atoms with Crippen LogP contribution in [-0.2, 0) is 36.1 Å². The van der Waals surface area contributed by atoms with Gasteiger partial charge in [0.15, 0.2) is 0 Å². The number of aryl methyl sites for hydroxylation is 5. The Kier molecular flexibility index (Phi) is 21.5. The van der Waals surface area contributed by atoms with Gasteiger partial charge in [0.1, 0.15) is 24.7 Å². The van der Waals surface area contributed by atoms with Crippen molar-refractivity contribution in [3.8, 4) is 22.8 Å². The molecule has 4 aromatic carbocycles. The zero-order valence-electron chi connectivity index (χ0n) is 49.3. The van der Waals surface area contributed by atoms with Gasteiger partial charge in [0.2, 0.25) is 0 Å². The average molecular weight is 1030 g/mol. The predicted octanol–water partition coefficient (Wildman–Crippen LogP) is 14.1. The maximum atomic E-state index is 10.4. The number of hydrogen-bond donors (Lipinski definition) is 2. The van der Waals surface area contributed by atoms with E-state index in [0.717, 1.165) is 72.3 Å². The van der Waals surface area contributed by atoms with Crippen LogP contribution in [0.25, 0.3) is 11.3 Å². The molecule has 1 aromatic heterocycles. The van der Waals surface area contributed by atoms with Gasteiger partial charge in [0.05, 0.1) is 29.1 Å². The van der Waals surface area contributed by atoms with E-state index in [1.54, 1.807) is 0 Å². The maximum absolute atomic E-state index is 10.4. The van der Waals surface area contributed by atoms with Gasteiger partial charge in [0, 0.05) is 22.6 Å². The highest BCUT2D eigenvalue weighted by atomic mass is 16.7. The van der Waals surface area contributed by atoms with Crippen LogP contribution in [0.1, 0.15) is 186 Å². The maximum Gasteiger partial charge on any atom is 0.495 e. The number of aliphatic hydroxyl groups excluding tert-OH is 2. The van der Waals surface area contributed by atoms with Gasteiger partial charge in [-0.15, -0.1) is 0 Å². The fourth-order valence-corrected chi connectivity index (χ4v) is 10.00. The van der Waals surface area contributed by atoms with Crippen molar-refractivity contribution >= 4 is 18.7 Å². The number of aliphatic hydroxyl groups is 2. The summed E-state index contributed by atoms with van der Waals surface area (Å²) in [4.78, 5) is 21.0. The average Bonchev–Trinajstić information content (AvgIpc) is 3.57. The highest BCUT2D eigenvalue weighted by Gasteiger charge is 2.52. The van der Waals surface area contributed by atoms with Crippen molar-refractivity contribution < 1.29 is 38.6 Å². The smallest absolute Gasteiger partial charge is 0.491 e. The molecule has 408 valence electrons. The predicted molar refractivity (Wildman–Crippen MR) is 307 cm³/mol. The number of rotatable bonds is 18. The second kappa shape index (κ2) is 25.8. The minimum Gasteiger partial charge on any atom is -0.491 e. The van der Waals surface area contributed by atoms with E-state index in [1.807, 2.05) is 47.7 Å². The SMILES string of the molecule is CCC(CC)(c1ccc(OCC(O)C(C)(C)C)c(C)c1)c1ccc(B2OC(C)(C)C(C)(C)O2)c(C)c1.CCCc1ccc(-c2ccc(C(CC)(CC)c3ccc(OCC(O)C(C)(C)C)c(C)c3)cc2C)nc1.O=C=O. The quantitative estimate of drug-likeness (QED) is 0.0826. The molecule has 2 N–H and O–H groups in total. The molecule has 2 atom stereocenters. The molecule has 2 heterocycles. The minimum atomic E-state index is -0.521. The van der Waals surface area contributed by atoms with Crippen LogP contribution in [0.4, 0.5) is 0 Å². The summed E-state index contributed by atoms with van der Waals surface area (Å²) < 4.78 is 24.7. The molecule has 0 aliphatic carbocycles. The van der Waals surface area contributed by atoms with Crippen LogP contribution in [0.15, 0.2) is 91.1 Å². The molecule has 2 unspecified atom stereocenters. The second-order valence-corrected chi connectivity index (χ2v) is 24.0. The van der Waals surface area contributed by atoms with Crippen molar-refractivity contribution in [2.24, 2.45) is 10.8 Å². The zero-order chi connectivity index (χ0) is 56.3. The Morgan fingerprint density at radius 2 is 0.960 bits per heavy atom. The third-order valence-corrected chi connectivity index (χ3v) is 16.4. The molecule has 5 aromatic rings. The molecule has 0 bridgehead atoms. The van der Waals surface area contributed by atoms with Gasteiger partial charge in [-0.05, 0) is 166 Å². The third kappa shape index (κ3) is 14.7. The first-order valence-corrected chi connectivity index (χ1v) is 27.4. The lowest BCUT2D eigenvalue weighted by atomic mass is 9.68. The Balaban J connectivity index is 0.000000308. The van der Waals surface area contributed by atoms with Crippen molar-refractivity contribution in [1.29, 1.82) is 0 Å². The van der Waals surface area contributed by atoms with Crippen LogP contribution in [0.5, 0.6) is 11.5 Å². The van der Waals surface area contributed by atoms with Crippen LogP contribution in [0, 0.1) is 38.5 Å². The van der Waals surface area contributed by atoms with Crippen LogP contribution in [-0.4, -0.2) is 65.1 Å². The Morgan fingerprint density at radius 1 is 0.573 bits per heavy atom. The summed E-state index contributed by atoms with van der Waals surface area (Å²) in [6.45, 7) is 40.9. The normalized spacial score (nSPS) is 15.2. The van der Waals surface area contributed by atoms with E-state index in [0.29, 0.717) is 6.61 Å². The van der Waals surface area contributed by atoms with Crippen LogP contribution in [0.3, 0.4) is 0 Å². The first-order chi connectivity index (χ1) is 35.0. The fraction of sp³-hybridized carbons (Fsp3) is 0.538. The van der Waals surface area contributed by atoms with E-state index in [2.05, 4.69) is 175 Å². The molecule has 1 saturated heterocycles. The lowest BCUT2D eigenvalue weighted by molar-refractivity contribution is -0.191. The fourth-order valence-electron chi connectivity index (χ4n) is 10.00. The summed E-state index contributed by atoms with van der Waals surface area (Å²) in [5, 5.41) is 20.8. The first-order valence-electron chi connectivity index (χ1n) is 27.4. The lowest BCUT2D eigenvalue weighted by Gasteiger charge is -2.34. The van der Waals surface area contributed by atoms with E-state index in [4.69, 9.17) is 33.4 Å². The third-order valence-electron chi connectivity index (χ3n) is 16.4. The van der Waals surface area contributed by atoms with E-state index in [-0.39, 0.29) is 52.7 Å².